The highest BCUT2D eigenvalue weighted by molar-refractivity contribution is 5.76. The number of hydrogen-bond donors (Lipinski definition) is 5. The number of carbonyl (C=O) groups is 1. The molecule has 0 heterocycles. The highest BCUT2D eigenvalue weighted by atomic mass is 16.4. The molecule has 4 unspecified atom stereocenters. The number of rotatable bonds is 2. The van der Waals surface area contributed by atoms with E-state index in [4.69, 9.17) is 0 Å². The summed E-state index contributed by atoms with van der Waals surface area (Å²) in [5.41, 5.74) is -1.41. The Morgan fingerprint density at radius 2 is 1.67 bits per heavy atom. The summed E-state index contributed by atoms with van der Waals surface area (Å²) in [6.45, 7) is 12.8. The summed E-state index contributed by atoms with van der Waals surface area (Å²) < 4.78 is 0. The van der Waals surface area contributed by atoms with Crippen LogP contribution in [0.5, 0.6) is 0 Å². The summed E-state index contributed by atoms with van der Waals surface area (Å²) in [5.74, 6) is -0.0914. The van der Waals surface area contributed by atoms with Gasteiger partial charge in [-0.1, -0.05) is 53.2 Å². The molecule has 4 fully saturated rings. The zero-order valence-corrected chi connectivity index (χ0v) is 23.0. The largest absolute Gasteiger partial charge is 0.481 e. The molecule has 5 rings (SSSR count). The number of aliphatic carboxylic acids is 1. The van der Waals surface area contributed by atoms with Crippen LogP contribution in [0.15, 0.2) is 11.6 Å². The molecule has 0 radical (unpaired) electrons. The summed E-state index contributed by atoms with van der Waals surface area (Å²) in [4.78, 5) is 12.8. The number of fused-ring (bicyclic) bond motifs is 7. The van der Waals surface area contributed by atoms with Crippen LogP contribution in [0.1, 0.15) is 86.5 Å². The summed E-state index contributed by atoms with van der Waals surface area (Å²) in [6, 6.07) is 0. The number of hydrogen-bond acceptors (Lipinski definition) is 5. The highest BCUT2D eigenvalue weighted by Crippen LogP contribution is 2.75. The molecular formula is C30H48O6. The van der Waals surface area contributed by atoms with Gasteiger partial charge in [0.1, 0.15) is 0 Å². The smallest absolute Gasteiger partial charge is 0.310 e. The maximum atomic E-state index is 12.8. The second-order valence-electron chi connectivity index (χ2n) is 14.6. The molecule has 0 aliphatic heterocycles. The average Bonchev–Trinajstić information content (AvgIpc) is 2.80. The number of carboxylic acids is 1. The zero-order chi connectivity index (χ0) is 26.6. The molecule has 0 saturated heterocycles. The first-order valence-electron chi connectivity index (χ1n) is 14.2. The Labute approximate surface area is 216 Å². The van der Waals surface area contributed by atoms with E-state index in [9.17, 15) is 30.3 Å². The fourth-order valence-corrected chi connectivity index (χ4v) is 11.2. The van der Waals surface area contributed by atoms with Crippen molar-refractivity contribution >= 4 is 5.97 Å². The minimum atomic E-state index is -1.08. The van der Waals surface area contributed by atoms with Crippen molar-refractivity contribution in [3.8, 4) is 0 Å². The van der Waals surface area contributed by atoms with Gasteiger partial charge in [0.2, 0.25) is 0 Å². The predicted octanol–water partition coefficient (Wildman–Crippen LogP) is 4.00. The van der Waals surface area contributed by atoms with Crippen molar-refractivity contribution in [2.75, 3.05) is 6.61 Å². The summed E-state index contributed by atoms with van der Waals surface area (Å²) in [5, 5.41) is 54.7. The molecular weight excluding hydrogens is 456 g/mol. The van der Waals surface area contributed by atoms with Gasteiger partial charge in [0.05, 0.1) is 30.3 Å². The van der Waals surface area contributed by atoms with E-state index >= 15 is 0 Å². The molecule has 6 nitrogen and oxygen atoms in total. The van der Waals surface area contributed by atoms with Crippen LogP contribution < -0.4 is 0 Å². The molecule has 4 saturated carbocycles. The topological polar surface area (TPSA) is 118 Å². The van der Waals surface area contributed by atoms with Crippen LogP contribution >= 0.6 is 0 Å². The van der Waals surface area contributed by atoms with Gasteiger partial charge >= 0.3 is 5.97 Å². The van der Waals surface area contributed by atoms with Crippen LogP contribution in [0.25, 0.3) is 0 Å². The van der Waals surface area contributed by atoms with Crippen LogP contribution in [0.3, 0.4) is 0 Å². The van der Waals surface area contributed by atoms with Crippen LogP contribution in [0.2, 0.25) is 0 Å². The second kappa shape index (κ2) is 8.03. The molecule has 5 aliphatic carbocycles. The van der Waals surface area contributed by atoms with E-state index in [0.29, 0.717) is 25.2 Å². The van der Waals surface area contributed by atoms with E-state index in [1.165, 1.54) is 5.57 Å². The van der Waals surface area contributed by atoms with Crippen LogP contribution in [0, 0.1) is 56.7 Å². The van der Waals surface area contributed by atoms with Crippen molar-refractivity contribution in [3.05, 3.63) is 11.6 Å². The first kappa shape index (κ1) is 26.6. The van der Waals surface area contributed by atoms with Gasteiger partial charge in [0, 0.05) is 11.3 Å². The van der Waals surface area contributed by atoms with Gasteiger partial charge in [-0.25, -0.2) is 0 Å². The maximum Gasteiger partial charge on any atom is 0.310 e. The summed E-state index contributed by atoms with van der Waals surface area (Å²) in [6.07, 6.45) is 4.44. The molecule has 5 aliphatic rings. The van der Waals surface area contributed by atoms with Gasteiger partial charge in [0.15, 0.2) is 0 Å². The third kappa shape index (κ3) is 2.96. The molecule has 13 atom stereocenters. The molecule has 204 valence electrons. The lowest BCUT2D eigenvalue weighted by atomic mass is 9.32. The van der Waals surface area contributed by atoms with Gasteiger partial charge in [-0.3, -0.25) is 4.79 Å². The van der Waals surface area contributed by atoms with Crippen molar-refractivity contribution in [1.29, 1.82) is 0 Å². The van der Waals surface area contributed by atoms with E-state index in [0.717, 1.165) is 25.7 Å². The SMILES string of the molecule is C[C@@H]1CC[C@]2(C(=O)O)CC[C@]3(C)C(=CCC4[C@@]5(C)CC(O)[C@H](O)[C@@](C)(CO)C5[C@H](O)C[C@]43C)C2[C@H]1C. The van der Waals surface area contributed by atoms with Gasteiger partial charge in [0.25, 0.3) is 0 Å². The van der Waals surface area contributed by atoms with Crippen LogP contribution in [-0.4, -0.2) is 56.4 Å². The molecule has 0 bridgehead atoms. The quantitative estimate of drug-likeness (QED) is 0.363. The lowest BCUT2D eigenvalue weighted by molar-refractivity contribution is -0.273. The fourth-order valence-electron chi connectivity index (χ4n) is 11.2. The van der Waals surface area contributed by atoms with E-state index in [1.807, 2.05) is 6.92 Å². The van der Waals surface area contributed by atoms with Crippen molar-refractivity contribution in [3.63, 3.8) is 0 Å². The third-order valence-corrected chi connectivity index (χ3v) is 13.4. The van der Waals surface area contributed by atoms with Gasteiger partial charge in [-0.05, 0) is 84.9 Å². The van der Waals surface area contributed by atoms with Gasteiger partial charge in [-0.15, -0.1) is 0 Å². The second-order valence-corrected chi connectivity index (χ2v) is 14.6. The Morgan fingerprint density at radius 1 is 1.00 bits per heavy atom. The van der Waals surface area contributed by atoms with E-state index in [1.54, 1.807) is 0 Å². The van der Waals surface area contributed by atoms with Crippen molar-refractivity contribution in [2.45, 2.75) is 105 Å². The van der Waals surface area contributed by atoms with Crippen LogP contribution in [0.4, 0.5) is 0 Å². The molecule has 5 N–H and O–H groups in total. The van der Waals surface area contributed by atoms with Crippen molar-refractivity contribution in [2.24, 2.45) is 56.7 Å². The number of aliphatic hydroxyl groups excluding tert-OH is 4. The monoisotopic (exact) mass is 504 g/mol. The normalized spacial score (nSPS) is 58.6. The number of allylic oxidation sites excluding steroid dienone is 2. The molecule has 0 aromatic heterocycles. The van der Waals surface area contributed by atoms with E-state index < -0.39 is 40.5 Å². The first-order chi connectivity index (χ1) is 16.6. The fraction of sp³-hybridized carbons (Fsp3) is 0.900. The molecule has 0 aromatic carbocycles. The third-order valence-electron chi connectivity index (χ3n) is 13.4. The van der Waals surface area contributed by atoms with E-state index in [-0.39, 0.29) is 41.1 Å². The predicted molar refractivity (Wildman–Crippen MR) is 137 cm³/mol. The van der Waals surface area contributed by atoms with Crippen molar-refractivity contribution in [1.82, 2.24) is 0 Å². The first-order valence-corrected chi connectivity index (χ1v) is 14.2. The minimum Gasteiger partial charge on any atom is -0.481 e. The molecule has 0 aromatic rings. The van der Waals surface area contributed by atoms with Crippen LogP contribution in [-0.2, 0) is 4.79 Å². The molecule has 0 amide bonds. The Bertz CT molecular complexity index is 963. The summed E-state index contributed by atoms with van der Waals surface area (Å²) in [7, 11) is 0. The van der Waals surface area contributed by atoms with E-state index in [2.05, 4.69) is 40.7 Å². The Kier molecular flexibility index (Phi) is 5.95. The zero-order valence-electron chi connectivity index (χ0n) is 23.0. The maximum absolute atomic E-state index is 12.8. The Morgan fingerprint density at radius 3 is 2.28 bits per heavy atom. The standard InChI is InChI=1S/C30H48O6/c1-16-9-10-30(25(35)36)12-11-28(5)18(22(30)17(16)2)7-8-21-26(3)13-20(33)24(34)27(4,15-31)23(26)19(32)14-29(21,28)6/h7,16-17,19-24,31-34H,8-15H2,1-6H3,(H,35,36)/t16-,17+,19-,20?,21?,22?,23?,24+,26-,27+,28-,29-,30+/m1/s1. The minimum absolute atomic E-state index is 0.000534. The van der Waals surface area contributed by atoms with Gasteiger partial charge in [-0.2, -0.15) is 0 Å². The van der Waals surface area contributed by atoms with Crippen molar-refractivity contribution < 1.29 is 30.3 Å². The molecule has 0 spiro atoms. The molecule has 36 heavy (non-hydrogen) atoms. The Hall–Kier alpha value is -0.950. The van der Waals surface area contributed by atoms with Gasteiger partial charge < -0.3 is 25.5 Å². The number of aliphatic hydroxyl groups is 4. The molecule has 6 heteroatoms. The Balaban J connectivity index is 1.65. The highest BCUT2D eigenvalue weighted by Gasteiger charge is 2.72. The summed E-state index contributed by atoms with van der Waals surface area (Å²) >= 11 is 0. The average molecular weight is 505 g/mol. The number of carboxylic acid groups (broad SMARTS) is 1. The lowest BCUT2D eigenvalue weighted by Gasteiger charge is -2.72. The lowest BCUT2D eigenvalue weighted by Crippen LogP contribution is -2.71.